The Morgan fingerprint density at radius 2 is 2.08 bits per heavy atom. The number of hydrogen-bond acceptors (Lipinski definition) is 4. The monoisotopic (exact) mass is 330 g/mol. The SMILES string of the molecule is CN(CCCO)C1CCN(C(=O)Cn2ncc3ccccc32)CC1. The van der Waals surface area contributed by atoms with Crippen LogP contribution in [-0.4, -0.2) is 69.9 Å². The standard InChI is InChI=1S/C18H26N4O2/c1-20(9-4-12-23)16-7-10-21(11-8-16)18(24)14-22-17-6-3-2-5-15(17)13-19-22/h2-3,5-6,13,16,23H,4,7-12,14H2,1H3. The highest BCUT2D eigenvalue weighted by Crippen LogP contribution is 2.17. The number of piperidine rings is 1. The highest BCUT2D eigenvalue weighted by atomic mass is 16.3. The van der Waals surface area contributed by atoms with Crippen LogP contribution in [0.4, 0.5) is 0 Å². The maximum absolute atomic E-state index is 12.6. The predicted molar refractivity (Wildman–Crippen MR) is 93.7 cm³/mol. The Hall–Kier alpha value is -1.92. The maximum atomic E-state index is 12.6. The molecule has 0 aliphatic carbocycles. The number of benzene rings is 1. The number of aliphatic hydroxyl groups excluding tert-OH is 1. The number of likely N-dealkylation sites (tertiary alicyclic amines) is 1. The first-order chi connectivity index (χ1) is 11.7. The first kappa shape index (κ1) is 16.9. The van der Waals surface area contributed by atoms with Gasteiger partial charge < -0.3 is 14.9 Å². The van der Waals surface area contributed by atoms with E-state index in [-0.39, 0.29) is 12.5 Å². The largest absolute Gasteiger partial charge is 0.396 e. The number of carbonyl (C=O) groups is 1. The molecule has 24 heavy (non-hydrogen) atoms. The van der Waals surface area contributed by atoms with Gasteiger partial charge in [-0.15, -0.1) is 0 Å². The Balaban J connectivity index is 1.54. The molecule has 2 heterocycles. The van der Waals surface area contributed by atoms with E-state index in [1.807, 2.05) is 35.4 Å². The summed E-state index contributed by atoms with van der Waals surface area (Å²) >= 11 is 0. The number of hydrogen-bond donors (Lipinski definition) is 1. The van der Waals surface area contributed by atoms with E-state index in [1.54, 1.807) is 4.68 Å². The molecule has 1 aromatic heterocycles. The smallest absolute Gasteiger partial charge is 0.244 e. The van der Waals surface area contributed by atoms with Gasteiger partial charge in [0.25, 0.3) is 0 Å². The van der Waals surface area contributed by atoms with Crippen LogP contribution in [0.5, 0.6) is 0 Å². The van der Waals surface area contributed by atoms with Crippen molar-refractivity contribution in [1.82, 2.24) is 19.6 Å². The van der Waals surface area contributed by atoms with Gasteiger partial charge in [0.2, 0.25) is 5.91 Å². The molecule has 130 valence electrons. The zero-order chi connectivity index (χ0) is 16.9. The molecule has 6 nitrogen and oxygen atoms in total. The van der Waals surface area contributed by atoms with Crippen molar-refractivity contribution >= 4 is 16.8 Å². The fraction of sp³-hybridized carbons (Fsp3) is 0.556. The molecule has 0 atom stereocenters. The van der Waals surface area contributed by atoms with E-state index in [2.05, 4.69) is 17.0 Å². The molecule has 1 aliphatic rings. The molecule has 3 rings (SSSR count). The first-order valence-corrected chi connectivity index (χ1v) is 8.68. The van der Waals surface area contributed by atoms with Crippen molar-refractivity contribution in [1.29, 1.82) is 0 Å². The second-order valence-corrected chi connectivity index (χ2v) is 6.53. The maximum Gasteiger partial charge on any atom is 0.244 e. The van der Waals surface area contributed by atoms with E-state index in [0.717, 1.165) is 49.8 Å². The van der Waals surface area contributed by atoms with Crippen molar-refractivity contribution in [2.45, 2.75) is 31.8 Å². The number of amides is 1. The van der Waals surface area contributed by atoms with Gasteiger partial charge in [0.15, 0.2) is 0 Å². The summed E-state index contributed by atoms with van der Waals surface area (Å²) in [7, 11) is 2.10. The third-order valence-corrected chi connectivity index (χ3v) is 4.95. The second kappa shape index (κ2) is 7.77. The lowest BCUT2D eigenvalue weighted by atomic mass is 10.0. The van der Waals surface area contributed by atoms with E-state index in [4.69, 9.17) is 5.11 Å². The number of aromatic nitrogens is 2. The molecule has 1 aliphatic heterocycles. The van der Waals surface area contributed by atoms with Crippen molar-refractivity contribution in [2.24, 2.45) is 0 Å². The van der Waals surface area contributed by atoms with Crippen LogP contribution in [0.25, 0.3) is 10.9 Å². The number of nitrogens with zero attached hydrogens (tertiary/aromatic N) is 4. The van der Waals surface area contributed by atoms with Crippen LogP contribution in [0.1, 0.15) is 19.3 Å². The molecule has 6 heteroatoms. The van der Waals surface area contributed by atoms with Gasteiger partial charge in [-0.1, -0.05) is 18.2 Å². The molecular weight excluding hydrogens is 304 g/mol. The molecule has 1 amide bonds. The highest BCUT2D eigenvalue weighted by molar-refractivity contribution is 5.82. The van der Waals surface area contributed by atoms with Gasteiger partial charge in [-0.05, 0) is 32.4 Å². The summed E-state index contributed by atoms with van der Waals surface area (Å²) < 4.78 is 1.79. The average Bonchev–Trinajstić information content (AvgIpc) is 3.03. The van der Waals surface area contributed by atoms with Crippen molar-refractivity contribution < 1.29 is 9.90 Å². The molecule has 1 saturated heterocycles. The van der Waals surface area contributed by atoms with E-state index in [9.17, 15) is 4.79 Å². The number of rotatable bonds is 6. The summed E-state index contributed by atoms with van der Waals surface area (Å²) in [5.41, 5.74) is 1.00. The van der Waals surface area contributed by atoms with Crippen molar-refractivity contribution in [3.63, 3.8) is 0 Å². The van der Waals surface area contributed by atoms with Gasteiger partial charge in [-0.25, -0.2) is 0 Å². The molecule has 1 fully saturated rings. The van der Waals surface area contributed by atoms with Crippen LogP contribution in [-0.2, 0) is 11.3 Å². The Morgan fingerprint density at radius 3 is 2.83 bits per heavy atom. The lowest BCUT2D eigenvalue weighted by Crippen LogP contribution is -2.46. The number of aliphatic hydroxyl groups is 1. The van der Waals surface area contributed by atoms with Crippen LogP contribution in [0, 0.1) is 0 Å². The van der Waals surface area contributed by atoms with Crippen molar-refractivity contribution in [2.75, 3.05) is 33.3 Å². The minimum absolute atomic E-state index is 0.139. The van der Waals surface area contributed by atoms with Crippen LogP contribution < -0.4 is 0 Å². The van der Waals surface area contributed by atoms with E-state index >= 15 is 0 Å². The van der Waals surface area contributed by atoms with Gasteiger partial charge in [0.1, 0.15) is 6.54 Å². The van der Waals surface area contributed by atoms with E-state index in [1.165, 1.54) is 0 Å². The zero-order valence-electron chi connectivity index (χ0n) is 14.3. The number of carbonyl (C=O) groups excluding carboxylic acids is 1. The number of para-hydroxylation sites is 1. The molecule has 0 spiro atoms. The summed E-state index contributed by atoms with van der Waals surface area (Å²) in [6, 6.07) is 8.47. The van der Waals surface area contributed by atoms with Gasteiger partial charge in [-0.2, -0.15) is 5.10 Å². The normalized spacial score (nSPS) is 16.2. The lowest BCUT2D eigenvalue weighted by molar-refractivity contribution is -0.133. The second-order valence-electron chi connectivity index (χ2n) is 6.53. The van der Waals surface area contributed by atoms with Gasteiger partial charge in [-0.3, -0.25) is 9.48 Å². The number of fused-ring (bicyclic) bond motifs is 1. The molecule has 0 radical (unpaired) electrons. The van der Waals surface area contributed by atoms with E-state index < -0.39 is 0 Å². The molecule has 2 aromatic rings. The van der Waals surface area contributed by atoms with E-state index in [0.29, 0.717) is 12.6 Å². The van der Waals surface area contributed by atoms with Crippen molar-refractivity contribution in [3.8, 4) is 0 Å². The van der Waals surface area contributed by atoms with Crippen LogP contribution >= 0.6 is 0 Å². The summed E-state index contributed by atoms with van der Waals surface area (Å²) in [4.78, 5) is 16.8. The summed E-state index contributed by atoms with van der Waals surface area (Å²) in [5.74, 6) is 0.139. The molecule has 1 aromatic carbocycles. The summed E-state index contributed by atoms with van der Waals surface area (Å²) in [6.07, 6.45) is 4.61. The fourth-order valence-corrected chi connectivity index (χ4v) is 3.44. The zero-order valence-corrected chi connectivity index (χ0v) is 14.3. The van der Waals surface area contributed by atoms with Crippen LogP contribution in [0.2, 0.25) is 0 Å². The molecule has 0 unspecified atom stereocenters. The average molecular weight is 330 g/mol. The Labute approximate surface area is 142 Å². The lowest BCUT2D eigenvalue weighted by Gasteiger charge is -2.36. The summed E-state index contributed by atoms with van der Waals surface area (Å²) in [6.45, 7) is 3.05. The Morgan fingerprint density at radius 1 is 1.33 bits per heavy atom. The topological polar surface area (TPSA) is 61.6 Å². The van der Waals surface area contributed by atoms with Gasteiger partial charge in [0.05, 0.1) is 11.7 Å². The first-order valence-electron chi connectivity index (χ1n) is 8.68. The minimum Gasteiger partial charge on any atom is -0.396 e. The predicted octanol–water partition coefficient (Wildman–Crippen LogP) is 1.34. The van der Waals surface area contributed by atoms with Gasteiger partial charge in [0, 0.05) is 37.7 Å². The highest BCUT2D eigenvalue weighted by Gasteiger charge is 2.25. The molecule has 1 N–H and O–H groups in total. The van der Waals surface area contributed by atoms with Crippen LogP contribution in [0.3, 0.4) is 0 Å². The van der Waals surface area contributed by atoms with Crippen molar-refractivity contribution in [3.05, 3.63) is 30.5 Å². The third kappa shape index (κ3) is 3.76. The van der Waals surface area contributed by atoms with Crippen LogP contribution in [0.15, 0.2) is 30.5 Å². The minimum atomic E-state index is 0.139. The Bertz CT molecular complexity index is 676. The summed E-state index contributed by atoms with van der Waals surface area (Å²) in [5, 5.41) is 14.3. The molecular formula is C18H26N4O2. The third-order valence-electron chi connectivity index (χ3n) is 4.95. The quantitative estimate of drug-likeness (QED) is 0.868. The van der Waals surface area contributed by atoms with Gasteiger partial charge >= 0.3 is 0 Å². The Kier molecular flexibility index (Phi) is 5.48. The molecule has 0 saturated carbocycles. The fourth-order valence-electron chi connectivity index (χ4n) is 3.44. The molecule has 0 bridgehead atoms.